The average Bonchev–Trinajstić information content (AvgIpc) is 2.93. The van der Waals surface area contributed by atoms with E-state index < -0.39 is 11.7 Å². The highest BCUT2D eigenvalue weighted by Gasteiger charge is 2.31. The minimum absolute atomic E-state index is 0.00355. The van der Waals surface area contributed by atoms with Crippen LogP contribution in [0.3, 0.4) is 0 Å². The maximum atomic E-state index is 13.8. The van der Waals surface area contributed by atoms with Crippen molar-refractivity contribution in [2.75, 3.05) is 5.73 Å². The minimum Gasteiger partial charge on any atom is -0.457 e. The first-order valence-corrected chi connectivity index (χ1v) is 13.7. The molecule has 2 aliphatic rings. The van der Waals surface area contributed by atoms with Gasteiger partial charge in [0.2, 0.25) is 0 Å². The highest BCUT2D eigenvalue weighted by molar-refractivity contribution is 6.10. The number of rotatable bonds is 6. The minimum atomic E-state index is -4.52. The van der Waals surface area contributed by atoms with Crippen LogP contribution in [0.25, 0.3) is 0 Å². The Balaban J connectivity index is 1.42. The number of carbonyl (C=O) groups is 1. The number of halogens is 3. The summed E-state index contributed by atoms with van der Waals surface area (Å²) in [5.74, 6) is 1.25. The molecule has 0 aliphatic heterocycles. The first-order valence-electron chi connectivity index (χ1n) is 13.7. The predicted octanol–water partition coefficient (Wildman–Crippen LogP) is 9.41. The van der Waals surface area contributed by atoms with Gasteiger partial charge in [0, 0.05) is 22.9 Å². The third-order valence-corrected chi connectivity index (χ3v) is 8.05. The standard InChI is InChI=1S/C32H34F3NO2/c33-32(34,35)24-18-25(36)20-27(19-24)38-26-16-14-23(15-17-26)31(37)29-13-7-12-28(21-8-3-1-4-9-21)30(29)22-10-5-2-6-11-22/h7,12-22H,1-6,8-11,36H2. The lowest BCUT2D eigenvalue weighted by molar-refractivity contribution is -0.137. The molecule has 0 radical (unpaired) electrons. The van der Waals surface area contributed by atoms with Gasteiger partial charge in [-0.3, -0.25) is 4.79 Å². The van der Waals surface area contributed by atoms with Crippen molar-refractivity contribution in [2.24, 2.45) is 0 Å². The fourth-order valence-electron chi connectivity index (χ4n) is 6.21. The van der Waals surface area contributed by atoms with E-state index in [0.29, 0.717) is 23.1 Å². The van der Waals surface area contributed by atoms with Crippen molar-refractivity contribution < 1.29 is 22.7 Å². The smallest absolute Gasteiger partial charge is 0.416 e. The molecule has 0 unspecified atom stereocenters. The van der Waals surface area contributed by atoms with E-state index in [2.05, 4.69) is 6.07 Å². The SMILES string of the molecule is Nc1cc(Oc2ccc(C(=O)c3cccc(C4CCCCC4)c3C3CCCCC3)cc2)cc(C(F)(F)F)c1. The van der Waals surface area contributed by atoms with Crippen molar-refractivity contribution in [3.8, 4) is 11.5 Å². The molecule has 0 spiro atoms. The second-order valence-electron chi connectivity index (χ2n) is 10.7. The van der Waals surface area contributed by atoms with Crippen LogP contribution in [-0.4, -0.2) is 5.78 Å². The largest absolute Gasteiger partial charge is 0.457 e. The fourth-order valence-corrected chi connectivity index (χ4v) is 6.21. The Labute approximate surface area is 222 Å². The number of anilines is 1. The maximum absolute atomic E-state index is 13.8. The Morgan fingerprint density at radius 3 is 2.03 bits per heavy atom. The summed E-state index contributed by atoms with van der Waals surface area (Å²) >= 11 is 0. The predicted molar refractivity (Wildman–Crippen MR) is 144 cm³/mol. The molecule has 3 aromatic carbocycles. The molecule has 2 N–H and O–H groups in total. The molecule has 3 aromatic rings. The average molecular weight is 522 g/mol. The molecular formula is C32H34F3NO2. The molecule has 5 rings (SSSR count). The highest BCUT2D eigenvalue weighted by atomic mass is 19.4. The molecule has 2 aliphatic carbocycles. The molecule has 2 saturated carbocycles. The zero-order valence-electron chi connectivity index (χ0n) is 21.5. The molecule has 0 atom stereocenters. The summed E-state index contributed by atoms with van der Waals surface area (Å²) in [4.78, 5) is 13.8. The van der Waals surface area contributed by atoms with E-state index in [1.54, 1.807) is 24.3 Å². The lowest BCUT2D eigenvalue weighted by atomic mass is 9.73. The van der Waals surface area contributed by atoms with Crippen molar-refractivity contribution in [1.82, 2.24) is 0 Å². The van der Waals surface area contributed by atoms with E-state index in [0.717, 1.165) is 30.5 Å². The first kappa shape index (κ1) is 26.3. The number of ether oxygens (including phenoxy) is 1. The van der Waals surface area contributed by atoms with Gasteiger partial charge >= 0.3 is 6.18 Å². The zero-order valence-corrected chi connectivity index (χ0v) is 21.5. The van der Waals surface area contributed by atoms with Crippen LogP contribution < -0.4 is 10.5 Å². The summed E-state index contributed by atoms with van der Waals surface area (Å²) in [6, 6.07) is 16.0. The van der Waals surface area contributed by atoms with Crippen molar-refractivity contribution in [3.05, 3.63) is 88.5 Å². The van der Waals surface area contributed by atoms with E-state index >= 15 is 0 Å². The lowest BCUT2D eigenvalue weighted by Crippen LogP contribution is -2.17. The number of hydrogen-bond donors (Lipinski definition) is 1. The topological polar surface area (TPSA) is 52.3 Å². The van der Waals surface area contributed by atoms with E-state index in [1.165, 1.54) is 68.6 Å². The van der Waals surface area contributed by atoms with Crippen LogP contribution in [0.4, 0.5) is 18.9 Å². The Morgan fingerprint density at radius 2 is 1.39 bits per heavy atom. The Bertz CT molecular complexity index is 1270. The van der Waals surface area contributed by atoms with Gasteiger partial charge in [-0.2, -0.15) is 13.2 Å². The van der Waals surface area contributed by atoms with Crippen LogP contribution in [-0.2, 0) is 6.18 Å². The van der Waals surface area contributed by atoms with Gasteiger partial charge < -0.3 is 10.5 Å². The Kier molecular flexibility index (Phi) is 7.78. The van der Waals surface area contributed by atoms with Crippen molar-refractivity contribution in [1.29, 1.82) is 0 Å². The molecular weight excluding hydrogens is 487 g/mol. The molecule has 3 nitrogen and oxygen atoms in total. The normalized spacial score (nSPS) is 17.3. The molecule has 200 valence electrons. The summed E-state index contributed by atoms with van der Waals surface area (Å²) in [5, 5.41) is 0. The number of alkyl halides is 3. The van der Waals surface area contributed by atoms with Gasteiger partial charge in [0.25, 0.3) is 0 Å². The summed E-state index contributed by atoms with van der Waals surface area (Å²) in [6.07, 6.45) is 7.51. The van der Waals surface area contributed by atoms with Gasteiger partial charge in [0.1, 0.15) is 11.5 Å². The number of benzene rings is 3. The molecule has 0 heterocycles. The Morgan fingerprint density at radius 1 is 0.763 bits per heavy atom. The number of nitrogens with two attached hydrogens (primary N) is 1. The molecule has 0 bridgehead atoms. The summed E-state index contributed by atoms with van der Waals surface area (Å²) in [7, 11) is 0. The van der Waals surface area contributed by atoms with Crippen LogP contribution in [0, 0.1) is 0 Å². The lowest BCUT2D eigenvalue weighted by Gasteiger charge is -2.31. The third kappa shape index (κ3) is 5.90. The van der Waals surface area contributed by atoms with Gasteiger partial charge in [-0.15, -0.1) is 0 Å². The first-order chi connectivity index (χ1) is 18.3. The zero-order chi connectivity index (χ0) is 26.7. The summed E-state index contributed by atoms with van der Waals surface area (Å²) in [5.41, 5.74) is 8.70. The van der Waals surface area contributed by atoms with E-state index in [-0.39, 0.29) is 17.2 Å². The van der Waals surface area contributed by atoms with Crippen LogP contribution in [0.5, 0.6) is 11.5 Å². The number of nitrogen functional groups attached to an aromatic ring is 1. The monoisotopic (exact) mass is 521 g/mol. The van der Waals surface area contributed by atoms with Gasteiger partial charge in [-0.1, -0.05) is 56.7 Å². The maximum Gasteiger partial charge on any atom is 0.416 e. The van der Waals surface area contributed by atoms with Crippen LogP contribution >= 0.6 is 0 Å². The molecule has 0 amide bonds. The fraction of sp³-hybridized carbons (Fsp3) is 0.406. The molecule has 38 heavy (non-hydrogen) atoms. The van der Waals surface area contributed by atoms with E-state index in [9.17, 15) is 18.0 Å². The molecule has 2 fully saturated rings. The number of ketones is 1. The van der Waals surface area contributed by atoms with Crippen LogP contribution in [0.2, 0.25) is 0 Å². The van der Waals surface area contributed by atoms with Crippen molar-refractivity contribution in [3.63, 3.8) is 0 Å². The van der Waals surface area contributed by atoms with E-state index in [1.807, 2.05) is 12.1 Å². The summed E-state index contributed by atoms with van der Waals surface area (Å²) in [6.45, 7) is 0. The molecule has 6 heteroatoms. The second-order valence-corrected chi connectivity index (χ2v) is 10.7. The third-order valence-electron chi connectivity index (χ3n) is 8.05. The van der Waals surface area contributed by atoms with Gasteiger partial charge in [0.15, 0.2) is 5.78 Å². The Hall–Kier alpha value is -3.28. The molecule has 0 aromatic heterocycles. The molecule has 0 saturated heterocycles. The van der Waals surface area contributed by atoms with E-state index in [4.69, 9.17) is 10.5 Å². The van der Waals surface area contributed by atoms with Crippen molar-refractivity contribution in [2.45, 2.75) is 82.2 Å². The quantitative estimate of drug-likeness (QED) is 0.260. The number of carbonyl (C=O) groups excluding carboxylic acids is 1. The van der Waals surface area contributed by atoms with Gasteiger partial charge in [-0.05, 0) is 85.0 Å². The van der Waals surface area contributed by atoms with Crippen LogP contribution in [0.15, 0.2) is 60.7 Å². The second kappa shape index (κ2) is 11.2. The van der Waals surface area contributed by atoms with Crippen LogP contribution in [0.1, 0.15) is 109 Å². The highest BCUT2D eigenvalue weighted by Crippen LogP contribution is 2.43. The summed E-state index contributed by atoms with van der Waals surface area (Å²) < 4.78 is 45.1. The number of hydrogen-bond acceptors (Lipinski definition) is 3. The van der Waals surface area contributed by atoms with Gasteiger partial charge in [0.05, 0.1) is 5.56 Å². The van der Waals surface area contributed by atoms with Crippen molar-refractivity contribution >= 4 is 11.5 Å². The van der Waals surface area contributed by atoms with Gasteiger partial charge in [-0.25, -0.2) is 0 Å².